The second-order valence-electron chi connectivity index (χ2n) is 10.3. The van der Waals surface area contributed by atoms with Gasteiger partial charge in [0, 0.05) is 5.56 Å². The standard InChI is InChI=1S/C27H33Cl3/c1-10-19-13-20(12-11-18(19)4)26(8,17(2)3)16-27(9,25(5,6)7)21-14-22(28)24(30)23(29)15-21/h1,11-15,17H,16H2,2-9H3. The van der Waals surface area contributed by atoms with Gasteiger partial charge in [-0.2, -0.15) is 0 Å². The molecule has 3 heteroatoms. The third-order valence-corrected chi connectivity index (χ3v) is 8.52. The van der Waals surface area contributed by atoms with E-state index in [0.717, 1.165) is 23.1 Å². The second kappa shape index (κ2) is 8.78. The van der Waals surface area contributed by atoms with Crippen molar-refractivity contribution in [2.75, 3.05) is 0 Å². The van der Waals surface area contributed by atoms with E-state index in [-0.39, 0.29) is 16.2 Å². The third-order valence-electron chi connectivity index (χ3n) is 7.32. The van der Waals surface area contributed by atoms with Crippen molar-refractivity contribution >= 4 is 34.8 Å². The van der Waals surface area contributed by atoms with E-state index >= 15 is 0 Å². The lowest BCUT2D eigenvalue weighted by molar-refractivity contribution is 0.130. The summed E-state index contributed by atoms with van der Waals surface area (Å²) >= 11 is 19.1. The summed E-state index contributed by atoms with van der Waals surface area (Å²) in [5.41, 5.74) is 4.06. The van der Waals surface area contributed by atoms with Crippen LogP contribution in [-0.2, 0) is 10.8 Å². The Morgan fingerprint density at radius 2 is 1.43 bits per heavy atom. The highest BCUT2D eigenvalue weighted by Crippen LogP contribution is 2.53. The Hall–Kier alpha value is -1.13. The number of rotatable bonds is 5. The Balaban J connectivity index is 2.72. The van der Waals surface area contributed by atoms with Crippen LogP contribution in [0.3, 0.4) is 0 Å². The smallest absolute Gasteiger partial charge is 0.0778 e. The lowest BCUT2D eigenvalue weighted by Gasteiger charge is -2.50. The van der Waals surface area contributed by atoms with Crippen LogP contribution in [0.15, 0.2) is 30.3 Å². The molecule has 0 aliphatic rings. The molecule has 2 aromatic rings. The maximum Gasteiger partial charge on any atom is 0.0778 e. The second-order valence-corrected chi connectivity index (χ2v) is 11.5. The lowest BCUT2D eigenvalue weighted by Crippen LogP contribution is -2.45. The molecule has 2 rings (SSSR count). The molecule has 0 radical (unpaired) electrons. The minimum absolute atomic E-state index is 0.0523. The predicted molar refractivity (Wildman–Crippen MR) is 134 cm³/mol. The first-order valence-electron chi connectivity index (χ1n) is 10.4. The molecule has 2 aromatic carbocycles. The van der Waals surface area contributed by atoms with E-state index in [1.165, 1.54) is 5.56 Å². The van der Waals surface area contributed by atoms with E-state index in [1.807, 2.05) is 12.1 Å². The number of halogens is 3. The first kappa shape index (κ1) is 25.1. The largest absolute Gasteiger partial charge is 0.115 e. The Morgan fingerprint density at radius 3 is 1.87 bits per heavy atom. The number of terminal acetylenes is 1. The van der Waals surface area contributed by atoms with E-state index in [2.05, 4.69) is 79.5 Å². The molecular formula is C27H33Cl3. The SMILES string of the molecule is C#Cc1cc(C(C)(CC(C)(c2cc(Cl)c(Cl)c(Cl)c2)C(C)(C)C)C(C)C)ccc1C. The molecule has 0 nitrogen and oxygen atoms in total. The van der Waals surface area contributed by atoms with Crippen molar-refractivity contribution in [3.63, 3.8) is 0 Å². The fourth-order valence-corrected chi connectivity index (χ4v) is 4.78. The monoisotopic (exact) mass is 462 g/mol. The quantitative estimate of drug-likeness (QED) is 0.306. The Kier molecular flexibility index (Phi) is 7.36. The number of hydrogen-bond donors (Lipinski definition) is 0. The van der Waals surface area contributed by atoms with Crippen LogP contribution in [0.2, 0.25) is 15.1 Å². The predicted octanol–water partition coefficient (Wildman–Crippen LogP) is 9.24. The fourth-order valence-electron chi connectivity index (χ4n) is 4.18. The summed E-state index contributed by atoms with van der Waals surface area (Å²) in [5.74, 6) is 3.24. The van der Waals surface area contributed by atoms with Crippen LogP contribution in [0.1, 0.15) is 77.1 Å². The van der Waals surface area contributed by atoms with Crippen LogP contribution >= 0.6 is 34.8 Å². The average Bonchev–Trinajstić information content (AvgIpc) is 2.64. The molecule has 0 aliphatic heterocycles. The van der Waals surface area contributed by atoms with E-state index < -0.39 is 0 Å². The Bertz CT molecular complexity index is 952. The molecular weight excluding hydrogens is 431 g/mol. The van der Waals surface area contributed by atoms with Gasteiger partial charge in [0.2, 0.25) is 0 Å². The van der Waals surface area contributed by atoms with Gasteiger partial charge in [-0.3, -0.25) is 0 Å². The van der Waals surface area contributed by atoms with Crippen LogP contribution in [0.5, 0.6) is 0 Å². The van der Waals surface area contributed by atoms with Crippen LogP contribution in [0, 0.1) is 30.6 Å². The highest BCUT2D eigenvalue weighted by molar-refractivity contribution is 6.48. The van der Waals surface area contributed by atoms with E-state index in [1.54, 1.807) is 0 Å². The van der Waals surface area contributed by atoms with Crippen LogP contribution in [-0.4, -0.2) is 0 Å². The molecule has 0 fully saturated rings. The molecule has 30 heavy (non-hydrogen) atoms. The van der Waals surface area contributed by atoms with Gasteiger partial charge < -0.3 is 0 Å². The van der Waals surface area contributed by atoms with Crippen molar-refractivity contribution < 1.29 is 0 Å². The molecule has 0 aromatic heterocycles. The topological polar surface area (TPSA) is 0 Å². The van der Waals surface area contributed by atoms with Gasteiger partial charge in [-0.05, 0) is 70.4 Å². The molecule has 162 valence electrons. The van der Waals surface area contributed by atoms with E-state index in [4.69, 9.17) is 41.2 Å². The molecule has 0 amide bonds. The van der Waals surface area contributed by atoms with Gasteiger partial charge in [-0.25, -0.2) is 0 Å². The highest BCUT2D eigenvalue weighted by atomic mass is 35.5. The summed E-state index contributed by atoms with van der Waals surface area (Å²) < 4.78 is 0. The Morgan fingerprint density at radius 1 is 0.900 bits per heavy atom. The van der Waals surface area contributed by atoms with Crippen molar-refractivity contribution in [1.29, 1.82) is 0 Å². The van der Waals surface area contributed by atoms with Crippen molar-refractivity contribution in [3.8, 4) is 12.3 Å². The zero-order valence-corrected chi connectivity index (χ0v) is 21.7. The van der Waals surface area contributed by atoms with E-state index in [0.29, 0.717) is 21.0 Å². The van der Waals surface area contributed by atoms with Crippen LogP contribution < -0.4 is 0 Å². The first-order valence-corrected chi connectivity index (χ1v) is 11.5. The van der Waals surface area contributed by atoms with Crippen molar-refractivity contribution in [2.24, 2.45) is 11.3 Å². The van der Waals surface area contributed by atoms with Gasteiger partial charge in [0.1, 0.15) is 0 Å². The van der Waals surface area contributed by atoms with Gasteiger partial charge in [0.25, 0.3) is 0 Å². The van der Waals surface area contributed by atoms with Crippen molar-refractivity contribution in [3.05, 3.63) is 67.7 Å². The number of benzene rings is 2. The molecule has 2 atom stereocenters. The van der Waals surface area contributed by atoms with Gasteiger partial charge in [0.05, 0.1) is 15.1 Å². The molecule has 2 unspecified atom stereocenters. The van der Waals surface area contributed by atoms with Crippen LogP contribution in [0.25, 0.3) is 0 Å². The zero-order chi connectivity index (χ0) is 23.1. The molecule has 0 saturated carbocycles. The maximum absolute atomic E-state index is 6.44. The maximum atomic E-state index is 6.44. The minimum Gasteiger partial charge on any atom is -0.115 e. The summed E-state index contributed by atoms with van der Waals surface area (Å²) in [6.07, 6.45) is 6.69. The van der Waals surface area contributed by atoms with Crippen molar-refractivity contribution in [2.45, 2.75) is 72.6 Å². The van der Waals surface area contributed by atoms with Gasteiger partial charge in [0.15, 0.2) is 0 Å². The average molecular weight is 464 g/mol. The third kappa shape index (κ3) is 4.55. The number of hydrogen-bond acceptors (Lipinski definition) is 0. The molecule has 0 spiro atoms. The first-order chi connectivity index (χ1) is 13.7. The zero-order valence-electron chi connectivity index (χ0n) is 19.4. The molecule has 0 saturated heterocycles. The minimum atomic E-state index is -0.217. The summed E-state index contributed by atoms with van der Waals surface area (Å²) in [7, 11) is 0. The van der Waals surface area contributed by atoms with Crippen molar-refractivity contribution in [1.82, 2.24) is 0 Å². The molecule has 0 N–H and O–H groups in total. The lowest BCUT2D eigenvalue weighted by atomic mass is 9.54. The number of aryl methyl sites for hydroxylation is 1. The van der Waals surface area contributed by atoms with Gasteiger partial charge >= 0.3 is 0 Å². The highest BCUT2D eigenvalue weighted by Gasteiger charge is 2.46. The van der Waals surface area contributed by atoms with Gasteiger partial charge in [-0.1, -0.05) is 101 Å². The van der Waals surface area contributed by atoms with E-state index in [9.17, 15) is 0 Å². The molecule has 0 heterocycles. The summed E-state index contributed by atoms with van der Waals surface area (Å²) in [4.78, 5) is 0. The van der Waals surface area contributed by atoms with Gasteiger partial charge in [-0.15, -0.1) is 6.42 Å². The fraction of sp³-hybridized carbons (Fsp3) is 0.481. The Labute approximate surface area is 198 Å². The summed E-state index contributed by atoms with van der Waals surface area (Å²) in [6, 6.07) is 10.5. The summed E-state index contributed by atoms with van der Waals surface area (Å²) in [5, 5.41) is 1.39. The molecule has 0 aliphatic carbocycles. The molecule has 0 bridgehead atoms. The van der Waals surface area contributed by atoms with Crippen LogP contribution in [0.4, 0.5) is 0 Å². The summed E-state index contributed by atoms with van der Waals surface area (Å²) in [6.45, 7) is 18.1. The normalized spacial score (nSPS) is 16.1.